The molecule has 34 heavy (non-hydrogen) atoms. The Morgan fingerprint density at radius 2 is 1.91 bits per heavy atom. The van der Waals surface area contributed by atoms with Gasteiger partial charge in [-0.15, -0.1) is 0 Å². The normalized spacial score (nSPS) is 20.1. The molecular weight excluding hydrogens is 439 g/mol. The molecule has 0 radical (unpaired) electrons. The van der Waals surface area contributed by atoms with Crippen molar-refractivity contribution in [1.82, 2.24) is 10.2 Å². The quantitative estimate of drug-likeness (QED) is 0.548. The van der Waals surface area contributed by atoms with Crippen LogP contribution >= 0.6 is 0 Å². The molecule has 0 saturated carbocycles. The number of methoxy groups -OCH3 is 1. The number of benzene rings is 2. The first-order chi connectivity index (χ1) is 16.4. The monoisotopic (exact) mass is 470 g/mol. The van der Waals surface area contributed by atoms with E-state index >= 15 is 0 Å². The molecule has 182 valence electrons. The lowest BCUT2D eigenvalue weighted by Crippen LogP contribution is -2.42. The highest BCUT2D eigenvalue weighted by Crippen LogP contribution is 2.33. The van der Waals surface area contributed by atoms with Crippen LogP contribution in [0.5, 0.6) is 11.5 Å². The number of piperidine rings is 1. The van der Waals surface area contributed by atoms with Gasteiger partial charge in [0.1, 0.15) is 18.5 Å². The summed E-state index contributed by atoms with van der Waals surface area (Å²) >= 11 is 0. The van der Waals surface area contributed by atoms with Gasteiger partial charge in [0, 0.05) is 36.9 Å². The van der Waals surface area contributed by atoms with Gasteiger partial charge in [0.05, 0.1) is 7.11 Å². The van der Waals surface area contributed by atoms with Crippen LogP contribution in [0.25, 0.3) is 0 Å². The Hall–Kier alpha value is -2.97. The van der Waals surface area contributed by atoms with Crippen LogP contribution in [0, 0.1) is 11.7 Å². The molecule has 2 fully saturated rings. The number of nitrogens with one attached hydrogen (secondary N) is 1. The van der Waals surface area contributed by atoms with E-state index in [1.807, 2.05) is 18.2 Å². The minimum absolute atomic E-state index is 0.0434. The molecule has 2 unspecified atom stereocenters. The van der Waals surface area contributed by atoms with E-state index in [4.69, 9.17) is 9.47 Å². The fourth-order valence-corrected chi connectivity index (χ4v) is 4.67. The number of aliphatic hydroxyl groups is 1. The van der Waals surface area contributed by atoms with Crippen molar-refractivity contribution in [2.24, 2.45) is 5.92 Å². The van der Waals surface area contributed by atoms with Gasteiger partial charge in [-0.1, -0.05) is 6.07 Å². The number of halogens is 1. The Bertz CT molecular complexity index is 1000. The predicted octanol–water partition coefficient (Wildman–Crippen LogP) is 2.77. The number of carbonyl (C=O) groups is 2. The fraction of sp³-hybridized carbons (Fsp3) is 0.462. The number of likely N-dealkylation sites (tertiary alicyclic amines) is 1. The summed E-state index contributed by atoms with van der Waals surface area (Å²) in [4.78, 5) is 26.3. The molecule has 0 aromatic heterocycles. The standard InChI is InChI=1S/C26H31FN2O5/c1-33-23-7-4-19(20-13-25(31)28-14-20)12-24(23)34-16-22(30)15-29-10-8-18(9-11-29)26(32)17-2-5-21(27)6-3-17/h2-7,12,18,20,22,30H,8-11,13-16H2,1H3,(H,28,31). The molecule has 8 heteroatoms. The Morgan fingerprint density at radius 3 is 2.56 bits per heavy atom. The summed E-state index contributed by atoms with van der Waals surface area (Å²) in [5.41, 5.74) is 1.54. The van der Waals surface area contributed by atoms with Crippen molar-refractivity contribution in [1.29, 1.82) is 0 Å². The van der Waals surface area contributed by atoms with Gasteiger partial charge in [0.2, 0.25) is 5.91 Å². The molecule has 2 aromatic carbocycles. The van der Waals surface area contributed by atoms with E-state index in [9.17, 15) is 19.1 Å². The number of β-amino-alcohol motifs (C(OH)–C–C–N with tert-alkyl or cyclic N) is 1. The van der Waals surface area contributed by atoms with Crippen molar-refractivity contribution in [3.8, 4) is 11.5 Å². The largest absolute Gasteiger partial charge is 0.493 e. The van der Waals surface area contributed by atoms with E-state index in [1.165, 1.54) is 24.3 Å². The fourth-order valence-electron chi connectivity index (χ4n) is 4.67. The van der Waals surface area contributed by atoms with Crippen LogP contribution in [0.3, 0.4) is 0 Å². The number of ketones is 1. The van der Waals surface area contributed by atoms with Crippen LogP contribution in [0.15, 0.2) is 42.5 Å². The molecule has 1 amide bonds. The average Bonchev–Trinajstić information content (AvgIpc) is 3.29. The lowest BCUT2D eigenvalue weighted by molar-refractivity contribution is -0.119. The lowest BCUT2D eigenvalue weighted by Gasteiger charge is -2.32. The Morgan fingerprint density at radius 1 is 1.18 bits per heavy atom. The smallest absolute Gasteiger partial charge is 0.220 e. The SMILES string of the molecule is COc1ccc(C2CNC(=O)C2)cc1OCC(O)CN1CCC(C(=O)c2ccc(F)cc2)CC1. The highest BCUT2D eigenvalue weighted by atomic mass is 19.1. The van der Waals surface area contributed by atoms with Crippen molar-refractivity contribution in [2.75, 3.05) is 39.9 Å². The molecule has 2 aliphatic rings. The van der Waals surface area contributed by atoms with Gasteiger partial charge >= 0.3 is 0 Å². The number of hydrogen-bond donors (Lipinski definition) is 2. The maximum atomic E-state index is 13.1. The first-order valence-electron chi connectivity index (χ1n) is 11.7. The maximum absolute atomic E-state index is 13.1. The minimum Gasteiger partial charge on any atom is -0.493 e. The van der Waals surface area contributed by atoms with E-state index in [0.29, 0.717) is 62.5 Å². The third-order valence-electron chi connectivity index (χ3n) is 6.62. The van der Waals surface area contributed by atoms with Crippen LogP contribution in [0.2, 0.25) is 0 Å². The van der Waals surface area contributed by atoms with Gasteiger partial charge < -0.3 is 24.8 Å². The molecule has 2 N–H and O–H groups in total. The maximum Gasteiger partial charge on any atom is 0.220 e. The lowest BCUT2D eigenvalue weighted by atomic mass is 9.89. The van der Waals surface area contributed by atoms with Crippen LogP contribution < -0.4 is 14.8 Å². The average molecular weight is 471 g/mol. The van der Waals surface area contributed by atoms with E-state index in [1.54, 1.807) is 7.11 Å². The summed E-state index contributed by atoms with van der Waals surface area (Å²) in [6, 6.07) is 11.3. The molecule has 0 bridgehead atoms. The third-order valence-corrected chi connectivity index (χ3v) is 6.62. The summed E-state index contributed by atoms with van der Waals surface area (Å²) < 4.78 is 24.4. The molecule has 2 aliphatic heterocycles. The number of Topliss-reactive ketones (excluding diaryl/α,β-unsaturated/α-hetero) is 1. The predicted molar refractivity (Wildman–Crippen MR) is 125 cm³/mol. The Kier molecular flexibility index (Phi) is 7.80. The molecular formula is C26H31FN2O5. The van der Waals surface area contributed by atoms with Crippen molar-refractivity contribution in [3.63, 3.8) is 0 Å². The van der Waals surface area contributed by atoms with Gasteiger partial charge in [0.25, 0.3) is 0 Å². The Labute approximate surface area is 198 Å². The van der Waals surface area contributed by atoms with Crippen LogP contribution in [-0.4, -0.2) is 67.7 Å². The molecule has 0 spiro atoms. The molecule has 2 heterocycles. The number of aliphatic hydroxyl groups excluding tert-OH is 1. The number of amides is 1. The van der Waals surface area contributed by atoms with E-state index in [0.717, 1.165) is 5.56 Å². The second kappa shape index (κ2) is 11.0. The molecule has 2 saturated heterocycles. The first-order valence-corrected chi connectivity index (χ1v) is 11.7. The third kappa shape index (κ3) is 5.93. The molecule has 2 aromatic rings. The van der Waals surface area contributed by atoms with Gasteiger partial charge in [0.15, 0.2) is 17.3 Å². The number of rotatable bonds is 9. The van der Waals surface area contributed by atoms with Gasteiger partial charge in [-0.2, -0.15) is 0 Å². The van der Waals surface area contributed by atoms with Crippen LogP contribution in [-0.2, 0) is 4.79 Å². The topological polar surface area (TPSA) is 88.1 Å². The van der Waals surface area contributed by atoms with Crippen molar-refractivity contribution in [2.45, 2.75) is 31.3 Å². The molecule has 0 aliphatic carbocycles. The summed E-state index contributed by atoms with van der Waals surface area (Å²) in [6.45, 7) is 2.57. The summed E-state index contributed by atoms with van der Waals surface area (Å²) in [5.74, 6) is 0.882. The molecule has 7 nitrogen and oxygen atoms in total. The zero-order valence-corrected chi connectivity index (χ0v) is 19.3. The first kappa shape index (κ1) is 24.2. The summed E-state index contributed by atoms with van der Waals surface area (Å²) in [7, 11) is 1.57. The second-order valence-electron chi connectivity index (χ2n) is 9.03. The number of carbonyl (C=O) groups excluding carboxylic acids is 2. The van der Waals surface area contributed by atoms with Gasteiger partial charge in [-0.05, 0) is 67.9 Å². The summed E-state index contributed by atoms with van der Waals surface area (Å²) in [6.07, 6.45) is 1.16. The summed E-state index contributed by atoms with van der Waals surface area (Å²) in [5, 5.41) is 13.4. The Balaban J connectivity index is 1.26. The second-order valence-corrected chi connectivity index (χ2v) is 9.03. The van der Waals surface area contributed by atoms with Gasteiger partial charge in [-0.25, -0.2) is 4.39 Å². The highest BCUT2D eigenvalue weighted by molar-refractivity contribution is 5.97. The van der Waals surface area contributed by atoms with Crippen LogP contribution in [0.1, 0.15) is 41.1 Å². The van der Waals surface area contributed by atoms with E-state index in [-0.39, 0.29) is 36.0 Å². The zero-order chi connectivity index (χ0) is 24.1. The van der Waals surface area contributed by atoms with E-state index < -0.39 is 6.10 Å². The van der Waals surface area contributed by atoms with Crippen LogP contribution in [0.4, 0.5) is 4.39 Å². The zero-order valence-electron chi connectivity index (χ0n) is 19.3. The van der Waals surface area contributed by atoms with Crippen molar-refractivity contribution >= 4 is 11.7 Å². The highest BCUT2D eigenvalue weighted by Gasteiger charge is 2.27. The molecule has 2 atom stereocenters. The number of ether oxygens (including phenoxy) is 2. The van der Waals surface area contributed by atoms with Crippen molar-refractivity contribution in [3.05, 3.63) is 59.4 Å². The van der Waals surface area contributed by atoms with E-state index in [2.05, 4.69) is 10.2 Å². The molecule has 4 rings (SSSR count). The number of hydrogen-bond acceptors (Lipinski definition) is 6. The van der Waals surface area contributed by atoms with Crippen molar-refractivity contribution < 1.29 is 28.6 Å². The van der Waals surface area contributed by atoms with Gasteiger partial charge in [-0.3, -0.25) is 9.59 Å². The number of nitrogens with zero attached hydrogens (tertiary/aromatic N) is 1. The minimum atomic E-state index is -0.701.